The zero-order valence-electron chi connectivity index (χ0n) is 7.36. The highest BCUT2D eigenvalue weighted by Gasteiger charge is 2.03. The van der Waals surface area contributed by atoms with E-state index >= 15 is 0 Å². The Bertz CT molecular complexity index is 466. The number of furan rings is 1. The number of nitrogens with zero attached hydrogens (tertiary/aromatic N) is 1. The minimum Gasteiger partial charge on any atom is -0.460 e. The van der Waals surface area contributed by atoms with E-state index in [1.807, 2.05) is 0 Å². The van der Waals surface area contributed by atoms with Crippen LogP contribution >= 0.6 is 0 Å². The molecule has 0 amide bonds. The number of nitrogens with one attached hydrogen (secondary N) is 1. The van der Waals surface area contributed by atoms with E-state index in [9.17, 15) is 4.79 Å². The van der Waals surface area contributed by atoms with Crippen molar-refractivity contribution in [3.8, 4) is 11.3 Å². The van der Waals surface area contributed by atoms with Gasteiger partial charge in [0.25, 0.3) is 0 Å². The van der Waals surface area contributed by atoms with Crippen LogP contribution < -0.4 is 11.4 Å². The van der Waals surface area contributed by atoms with Crippen molar-refractivity contribution in [1.82, 2.24) is 9.97 Å². The molecule has 0 fully saturated rings. The summed E-state index contributed by atoms with van der Waals surface area (Å²) in [5.41, 5.74) is 5.75. The van der Waals surface area contributed by atoms with Crippen molar-refractivity contribution >= 4 is 0 Å². The molecule has 0 aromatic carbocycles. The first-order valence-corrected chi connectivity index (χ1v) is 4.13. The second-order valence-corrected chi connectivity index (χ2v) is 2.78. The van der Waals surface area contributed by atoms with Crippen LogP contribution in [0.5, 0.6) is 0 Å². The summed E-state index contributed by atoms with van der Waals surface area (Å²) < 4.78 is 5.37. The van der Waals surface area contributed by atoms with Crippen LogP contribution in [0.1, 0.15) is 5.76 Å². The summed E-state index contributed by atoms with van der Waals surface area (Å²) in [6, 6.07) is 3.58. The summed E-state index contributed by atoms with van der Waals surface area (Å²) in [6.45, 7) is 0.358. The predicted octanol–water partition coefficient (Wildman–Crippen LogP) is 0.489. The van der Waals surface area contributed by atoms with Crippen molar-refractivity contribution in [1.29, 1.82) is 0 Å². The van der Waals surface area contributed by atoms with Crippen LogP contribution in [0.15, 0.2) is 33.7 Å². The Hall–Kier alpha value is -1.88. The number of hydrogen-bond donors (Lipinski definition) is 2. The number of H-pyrrole nitrogens is 1. The van der Waals surface area contributed by atoms with Crippen molar-refractivity contribution in [3.05, 3.63) is 40.8 Å². The molecule has 0 aliphatic carbocycles. The third kappa shape index (κ3) is 1.57. The van der Waals surface area contributed by atoms with Crippen LogP contribution in [-0.2, 0) is 6.54 Å². The van der Waals surface area contributed by atoms with Gasteiger partial charge >= 0.3 is 5.69 Å². The maximum Gasteiger partial charge on any atom is 0.344 e. The van der Waals surface area contributed by atoms with E-state index in [0.29, 0.717) is 18.1 Å². The van der Waals surface area contributed by atoms with E-state index in [1.54, 1.807) is 18.3 Å². The first-order chi connectivity index (χ1) is 6.79. The second-order valence-electron chi connectivity index (χ2n) is 2.78. The highest BCUT2D eigenvalue weighted by Crippen LogP contribution is 2.19. The lowest BCUT2D eigenvalue weighted by molar-refractivity contribution is 0.525. The molecule has 0 aliphatic rings. The molecule has 5 nitrogen and oxygen atoms in total. The molecule has 0 unspecified atom stereocenters. The number of rotatable bonds is 2. The fourth-order valence-electron chi connectivity index (χ4n) is 1.12. The molecule has 0 atom stereocenters. The average Bonchev–Trinajstić information content (AvgIpc) is 2.67. The van der Waals surface area contributed by atoms with Crippen LogP contribution in [0.3, 0.4) is 0 Å². The van der Waals surface area contributed by atoms with Gasteiger partial charge in [0, 0.05) is 12.4 Å². The molecule has 5 heteroatoms. The van der Waals surface area contributed by atoms with E-state index in [-0.39, 0.29) is 5.69 Å². The Morgan fingerprint density at radius 2 is 2.36 bits per heavy atom. The minimum absolute atomic E-state index is 0.358. The lowest BCUT2D eigenvalue weighted by atomic mass is 10.3. The normalized spacial score (nSPS) is 10.4. The number of aromatic nitrogens is 2. The minimum atomic E-state index is -0.376. The monoisotopic (exact) mass is 191 g/mol. The first-order valence-electron chi connectivity index (χ1n) is 4.13. The summed E-state index contributed by atoms with van der Waals surface area (Å²) in [7, 11) is 0. The van der Waals surface area contributed by atoms with Gasteiger partial charge in [-0.25, -0.2) is 9.78 Å². The Kier molecular flexibility index (Phi) is 2.16. The smallest absolute Gasteiger partial charge is 0.344 e. The second kappa shape index (κ2) is 3.47. The third-order valence-corrected chi connectivity index (χ3v) is 1.82. The summed E-state index contributed by atoms with van der Waals surface area (Å²) in [4.78, 5) is 16.8. The van der Waals surface area contributed by atoms with Gasteiger partial charge in [-0.1, -0.05) is 0 Å². The molecule has 2 aromatic rings. The van der Waals surface area contributed by atoms with Gasteiger partial charge in [-0.3, -0.25) is 0 Å². The number of hydrogen-bond acceptors (Lipinski definition) is 4. The van der Waals surface area contributed by atoms with Gasteiger partial charge in [0.2, 0.25) is 0 Å². The number of aromatic amines is 1. The van der Waals surface area contributed by atoms with Crippen molar-refractivity contribution in [2.24, 2.45) is 5.73 Å². The fraction of sp³-hybridized carbons (Fsp3) is 0.111. The van der Waals surface area contributed by atoms with Crippen molar-refractivity contribution in [2.45, 2.75) is 6.54 Å². The summed E-state index contributed by atoms with van der Waals surface area (Å²) >= 11 is 0. The topological polar surface area (TPSA) is 84.9 Å². The maximum atomic E-state index is 10.7. The highest BCUT2D eigenvalue weighted by molar-refractivity contribution is 5.54. The third-order valence-electron chi connectivity index (χ3n) is 1.82. The Balaban J connectivity index is 2.39. The van der Waals surface area contributed by atoms with Crippen molar-refractivity contribution in [2.75, 3.05) is 0 Å². The largest absolute Gasteiger partial charge is 0.460 e. The zero-order chi connectivity index (χ0) is 9.97. The van der Waals surface area contributed by atoms with Crippen LogP contribution in [0, 0.1) is 0 Å². The lowest BCUT2D eigenvalue weighted by Crippen LogP contribution is -2.07. The van der Waals surface area contributed by atoms with Crippen LogP contribution in [0.2, 0.25) is 0 Å². The molecule has 14 heavy (non-hydrogen) atoms. The van der Waals surface area contributed by atoms with Crippen LogP contribution in [-0.4, -0.2) is 9.97 Å². The van der Waals surface area contributed by atoms with Gasteiger partial charge in [-0.05, 0) is 12.1 Å². The van der Waals surface area contributed by atoms with Gasteiger partial charge < -0.3 is 15.1 Å². The molecule has 72 valence electrons. The molecule has 0 radical (unpaired) electrons. The average molecular weight is 191 g/mol. The lowest BCUT2D eigenvalue weighted by Gasteiger charge is -1.94. The molecular weight excluding hydrogens is 182 g/mol. The molecule has 2 rings (SSSR count). The van der Waals surface area contributed by atoms with Gasteiger partial charge in [-0.15, -0.1) is 0 Å². The Morgan fingerprint density at radius 3 is 2.93 bits per heavy atom. The van der Waals surface area contributed by atoms with E-state index in [4.69, 9.17) is 10.2 Å². The highest BCUT2D eigenvalue weighted by atomic mass is 16.3. The molecular formula is C9H9N3O2. The fourth-order valence-corrected chi connectivity index (χ4v) is 1.12. The molecule has 0 saturated carbocycles. The van der Waals surface area contributed by atoms with E-state index in [0.717, 1.165) is 5.56 Å². The van der Waals surface area contributed by atoms with Gasteiger partial charge in [-0.2, -0.15) is 0 Å². The molecule has 3 N–H and O–H groups in total. The Labute approximate surface area is 79.6 Å². The van der Waals surface area contributed by atoms with Crippen LogP contribution in [0.4, 0.5) is 0 Å². The van der Waals surface area contributed by atoms with Crippen molar-refractivity contribution in [3.63, 3.8) is 0 Å². The Morgan fingerprint density at radius 1 is 1.50 bits per heavy atom. The summed E-state index contributed by atoms with van der Waals surface area (Å²) in [5, 5.41) is 0. The zero-order valence-corrected chi connectivity index (χ0v) is 7.36. The van der Waals surface area contributed by atoms with E-state index in [1.165, 1.54) is 6.20 Å². The van der Waals surface area contributed by atoms with Gasteiger partial charge in [0.05, 0.1) is 12.1 Å². The molecule has 0 saturated heterocycles. The van der Waals surface area contributed by atoms with Crippen molar-refractivity contribution < 1.29 is 4.42 Å². The van der Waals surface area contributed by atoms with Crippen LogP contribution in [0.25, 0.3) is 11.3 Å². The number of nitrogens with two attached hydrogens (primary N) is 1. The van der Waals surface area contributed by atoms with Gasteiger partial charge in [0.1, 0.15) is 11.5 Å². The standard InChI is InChI=1S/C9H9N3O2/c10-3-7-1-2-8(14-7)6-4-11-9(13)12-5-6/h1-2,4-5H,3,10H2,(H,11,12,13). The molecule has 0 spiro atoms. The molecule has 0 bridgehead atoms. The van der Waals surface area contributed by atoms with Gasteiger partial charge in [0.15, 0.2) is 0 Å². The van der Waals surface area contributed by atoms with E-state index in [2.05, 4.69) is 9.97 Å². The maximum absolute atomic E-state index is 10.7. The quantitative estimate of drug-likeness (QED) is 0.723. The molecule has 2 heterocycles. The first kappa shape index (κ1) is 8.71. The predicted molar refractivity (Wildman–Crippen MR) is 50.5 cm³/mol. The molecule has 2 aromatic heterocycles. The summed E-state index contributed by atoms with van der Waals surface area (Å²) in [6.07, 6.45) is 3.01. The molecule has 0 aliphatic heterocycles. The summed E-state index contributed by atoms with van der Waals surface area (Å²) in [5.74, 6) is 1.35. The van der Waals surface area contributed by atoms with E-state index < -0.39 is 0 Å². The SMILES string of the molecule is NCc1ccc(-c2cnc(=O)[nH]c2)o1.